The summed E-state index contributed by atoms with van der Waals surface area (Å²) < 4.78 is 11.0. The lowest BCUT2D eigenvalue weighted by Crippen LogP contribution is -2.56. The molecule has 4 saturated carbocycles. The molecule has 1 spiro atoms. The van der Waals surface area contributed by atoms with Crippen LogP contribution >= 0.6 is 0 Å². The standard InChI is InChI=1S/C25H38O4/c1-14(21(26)22(27)29-5)17-6-7-18-16-12-20(28-4)25-13-15(25)8-11-24(25,3)19(16)9-10-23(17,18)2/h6,14-16,18-21,26H,7-13H2,1-5H3/t14-,15+,16-,18-,19-,20+,21-,23+,24+,25-/m0/s1. The number of fused-ring (bicyclic) bond motifs is 4. The van der Waals surface area contributed by atoms with Crippen molar-refractivity contribution < 1.29 is 19.4 Å². The van der Waals surface area contributed by atoms with Crippen molar-refractivity contribution in [2.75, 3.05) is 14.2 Å². The Morgan fingerprint density at radius 3 is 2.62 bits per heavy atom. The molecule has 4 fully saturated rings. The molecular weight excluding hydrogens is 364 g/mol. The molecule has 0 radical (unpaired) electrons. The van der Waals surface area contributed by atoms with Crippen LogP contribution in [0.4, 0.5) is 0 Å². The van der Waals surface area contributed by atoms with Crippen molar-refractivity contribution in [3.63, 3.8) is 0 Å². The van der Waals surface area contributed by atoms with Gasteiger partial charge in [-0.1, -0.05) is 32.4 Å². The summed E-state index contributed by atoms with van der Waals surface area (Å²) in [7, 11) is 3.29. The molecule has 5 aliphatic rings. The second kappa shape index (κ2) is 6.32. The van der Waals surface area contributed by atoms with E-state index in [1.165, 1.54) is 51.2 Å². The molecule has 0 bridgehead atoms. The molecule has 0 amide bonds. The van der Waals surface area contributed by atoms with Gasteiger partial charge in [0.25, 0.3) is 0 Å². The fourth-order valence-corrected chi connectivity index (χ4v) is 9.38. The van der Waals surface area contributed by atoms with Crippen LogP contribution in [0.1, 0.15) is 65.7 Å². The molecule has 29 heavy (non-hydrogen) atoms. The number of hydrogen-bond donors (Lipinski definition) is 1. The summed E-state index contributed by atoms with van der Waals surface area (Å²) in [6.45, 7) is 6.99. The third-order valence-corrected chi connectivity index (χ3v) is 10.9. The van der Waals surface area contributed by atoms with Crippen LogP contribution in [-0.2, 0) is 14.3 Å². The smallest absolute Gasteiger partial charge is 0.335 e. The number of rotatable bonds is 4. The van der Waals surface area contributed by atoms with E-state index in [4.69, 9.17) is 9.47 Å². The summed E-state index contributed by atoms with van der Waals surface area (Å²) in [6.07, 6.45) is 10.6. The van der Waals surface area contributed by atoms with Gasteiger partial charge in [0, 0.05) is 18.4 Å². The van der Waals surface area contributed by atoms with Crippen molar-refractivity contribution in [2.24, 2.45) is 45.8 Å². The summed E-state index contributed by atoms with van der Waals surface area (Å²) in [4.78, 5) is 12.0. The summed E-state index contributed by atoms with van der Waals surface area (Å²) in [5, 5.41) is 10.5. The number of aliphatic hydroxyl groups excluding tert-OH is 1. The zero-order valence-electron chi connectivity index (χ0n) is 18.7. The molecule has 0 saturated heterocycles. The highest BCUT2D eigenvalue weighted by atomic mass is 16.5. The number of esters is 1. The maximum Gasteiger partial charge on any atom is 0.335 e. The molecule has 5 rings (SSSR count). The maximum absolute atomic E-state index is 12.0. The summed E-state index contributed by atoms with van der Waals surface area (Å²) >= 11 is 0. The molecular formula is C25H38O4. The number of hydrogen-bond acceptors (Lipinski definition) is 4. The molecule has 0 unspecified atom stereocenters. The second-order valence-electron chi connectivity index (χ2n) is 11.3. The highest BCUT2D eigenvalue weighted by molar-refractivity contribution is 5.75. The zero-order valence-corrected chi connectivity index (χ0v) is 18.7. The predicted octanol–water partition coefficient (Wildman–Crippen LogP) is 4.36. The van der Waals surface area contributed by atoms with Crippen LogP contribution in [-0.4, -0.2) is 37.5 Å². The van der Waals surface area contributed by atoms with Gasteiger partial charge < -0.3 is 14.6 Å². The monoisotopic (exact) mass is 402 g/mol. The van der Waals surface area contributed by atoms with Gasteiger partial charge >= 0.3 is 5.97 Å². The SMILES string of the molecule is COC(=O)[C@@H](O)[C@@H](C)C1=CC[C@H]2[C@@H]3C[C@@H](OC)[C@]45C[C@H]4CC[C@]5(C)[C@H]3CC[C@]12C. The molecule has 1 N–H and O–H groups in total. The predicted molar refractivity (Wildman–Crippen MR) is 111 cm³/mol. The van der Waals surface area contributed by atoms with Gasteiger partial charge in [0.15, 0.2) is 6.10 Å². The van der Waals surface area contributed by atoms with Crippen molar-refractivity contribution in [3.8, 4) is 0 Å². The molecule has 0 aliphatic heterocycles. The van der Waals surface area contributed by atoms with Crippen LogP contribution in [0, 0.1) is 45.8 Å². The van der Waals surface area contributed by atoms with Gasteiger partial charge in [-0.15, -0.1) is 0 Å². The van der Waals surface area contributed by atoms with Crippen LogP contribution in [0.15, 0.2) is 11.6 Å². The van der Waals surface area contributed by atoms with E-state index >= 15 is 0 Å². The highest BCUT2D eigenvalue weighted by Crippen LogP contribution is 2.82. The summed E-state index contributed by atoms with van der Waals surface area (Å²) in [6, 6.07) is 0. The quantitative estimate of drug-likeness (QED) is 0.561. The van der Waals surface area contributed by atoms with E-state index in [1.807, 2.05) is 14.0 Å². The Morgan fingerprint density at radius 1 is 1.21 bits per heavy atom. The van der Waals surface area contributed by atoms with Crippen LogP contribution in [0.5, 0.6) is 0 Å². The summed E-state index contributed by atoms with van der Waals surface area (Å²) in [5.74, 6) is 2.29. The number of carbonyl (C=O) groups excluding carboxylic acids is 1. The first kappa shape index (κ1) is 20.1. The molecule has 10 atom stereocenters. The zero-order chi connectivity index (χ0) is 20.8. The van der Waals surface area contributed by atoms with Gasteiger partial charge in [-0.3, -0.25) is 0 Å². The van der Waals surface area contributed by atoms with E-state index in [1.54, 1.807) is 0 Å². The third kappa shape index (κ3) is 2.31. The largest absolute Gasteiger partial charge is 0.467 e. The number of ether oxygens (including phenoxy) is 2. The van der Waals surface area contributed by atoms with Crippen LogP contribution in [0.2, 0.25) is 0 Å². The van der Waals surface area contributed by atoms with Crippen LogP contribution in [0.25, 0.3) is 0 Å². The Kier molecular flexibility index (Phi) is 4.37. The maximum atomic E-state index is 12.0. The Balaban J connectivity index is 1.44. The molecule has 4 nitrogen and oxygen atoms in total. The number of carbonyl (C=O) groups is 1. The first-order valence-electron chi connectivity index (χ1n) is 11.7. The van der Waals surface area contributed by atoms with E-state index in [2.05, 4.69) is 19.9 Å². The Hall–Kier alpha value is -0.870. The first-order chi connectivity index (χ1) is 13.7. The van der Waals surface area contributed by atoms with Crippen LogP contribution in [0.3, 0.4) is 0 Å². The minimum absolute atomic E-state index is 0.0797. The van der Waals surface area contributed by atoms with Crippen LogP contribution < -0.4 is 0 Å². The lowest BCUT2D eigenvalue weighted by molar-refractivity contribution is -0.156. The number of aliphatic hydroxyl groups is 1. The number of allylic oxidation sites excluding steroid dienone is 1. The fourth-order valence-electron chi connectivity index (χ4n) is 9.38. The molecule has 0 heterocycles. The molecule has 0 aromatic rings. The van der Waals surface area contributed by atoms with Gasteiger partial charge in [-0.25, -0.2) is 4.79 Å². The lowest BCUT2D eigenvalue weighted by Gasteiger charge is -2.60. The van der Waals surface area contributed by atoms with E-state index in [-0.39, 0.29) is 11.3 Å². The minimum atomic E-state index is -1.07. The normalized spacial score (nSPS) is 51.8. The average Bonchev–Trinajstić information content (AvgIpc) is 3.23. The molecule has 4 heteroatoms. The van der Waals surface area contributed by atoms with Gasteiger partial charge in [0.05, 0.1) is 13.2 Å². The molecule has 162 valence electrons. The van der Waals surface area contributed by atoms with Crippen molar-refractivity contribution in [1.29, 1.82) is 0 Å². The second-order valence-corrected chi connectivity index (χ2v) is 11.3. The Bertz CT molecular complexity index is 745. The number of methoxy groups -OCH3 is 2. The van der Waals surface area contributed by atoms with Gasteiger partial charge in [0.2, 0.25) is 0 Å². The topological polar surface area (TPSA) is 55.8 Å². The van der Waals surface area contributed by atoms with Crippen molar-refractivity contribution >= 4 is 5.97 Å². The van der Waals surface area contributed by atoms with Crippen molar-refractivity contribution in [2.45, 2.75) is 77.9 Å². The van der Waals surface area contributed by atoms with E-state index in [0.717, 1.165) is 18.3 Å². The lowest BCUT2D eigenvalue weighted by atomic mass is 9.45. The highest BCUT2D eigenvalue weighted by Gasteiger charge is 2.77. The Morgan fingerprint density at radius 2 is 1.97 bits per heavy atom. The van der Waals surface area contributed by atoms with Crippen molar-refractivity contribution in [3.05, 3.63) is 11.6 Å². The molecule has 5 aliphatic carbocycles. The Labute approximate surface area is 175 Å². The van der Waals surface area contributed by atoms with E-state index < -0.39 is 12.1 Å². The van der Waals surface area contributed by atoms with Gasteiger partial charge in [-0.2, -0.15) is 0 Å². The molecule has 0 aromatic carbocycles. The average molecular weight is 403 g/mol. The van der Waals surface area contributed by atoms with Gasteiger partial charge in [-0.05, 0) is 79.4 Å². The third-order valence-electron chi connectivity index (χ3n) is 10.9. The molecule has 0 aromatic heterocycles. The van der Waals surface area contributed by atoms with E-state index in [9.17, 15) is 9.90 Å². The minimum Gasteiger partial charge on any atom is -0.467 e. The fraction of sp³-hybridized carbons (Fsp3) is 0.880. The van der Waals surface area contributed by atoms with Crippen molar-refractivity contribution in [1.82, 2.24) is 0 Å². The van der Waals surface area contributed by atoms with Gasteiger partial charge in [0.1, 0.15) is 0 Å². The van der Waals surface area contributed by atoms with E-state index in [0.29, 0.717) is 28.8 Å². The first-order valence-corrected chi connectivity index (χ1v) is 11.7. The summed E-state index contributed by atoms with van der Waals surface area (Å²) in [5.41, 5.74) is 2.26.